The topological polar surface area (TPSA) is 58.6 Å². The van der Waals surface area contributed by atoms with E-state index in [2.05, 4.69) is 5.32 Å². The van der Waals surface area contributed by atoms with E-state index in [9.17, 15) is 9.90 Å². The van der Waals surface area contributed by atoms with E-state index in [4.69, 9.17) is 4.74 Å². The summed E-state index contributed by atoms with van der Waals surface area (Å²) in [6, 6.07) is 10.8. The van der Waals surface area contributed by atoms with Gasteiger partial charge in [0.05, 0.1) is 7.11 Å². The van der Waals surface area contributed by atoms with E-state index in [1.165, 1.54) is 0 Å². The number of carbonyl (C=O) groups is 1. The molecule has 0 fully saturated rings. The molecule has 3 rings (SSSR count). The molecule has 0 aromatic heterocycles. The SMILES string of the molecule is COc1c(C)cc(C2(O)C(=O)Nc3ccccc32)cc1C. The van der Waals surface area contributed by atoms with Crippen LogP contribution in [0.2, 0.25) is 0 Å². The first-order chi connectivity index (χ1) is 9.98. The number of amides is 1. The fraction of sp³-hybridized carbons (Fsp3) is 0.235. The molecule has 108 valence electrons. The number of rotatable bonds is 2. The summed E-state index contributed by atoms with van der Waals surface area (Å²) in [7, 11) is 1.61. The van der Waals surface area contributed by atoms with E-state index < -0.39 is 11.5 Å². The molecule has 2 N–H and O–H groups in total. The summed E-state index contributed by atoms with van der Waals surface area (Å²) in [5.74, 6) is 0.349. The third kappa shape index (κ3) is 1.83. The molecule has 0 radical (unpaired) electrons. The van der Waals surface area contributed by atoms with Crippen LogP contribution in [0.3, 0.4) is 0 Å². The van der Waals surface area contributed by atoms with Crippen molar-refractivity contribution in [2.24, 2.45) is 0 Å². The maximum atomic E-state index is 12.3. The summed E-state index contributed by atoms with van der Waals surface area (Å²) in [6.45, 7) is 3.80. The monoisotopic (exact) mass is 283 g/mol. The van der Waals surface area contributed by atoms with Gasteiger partial charge in [-0.2, -0.15) is 0 Å². The zero-order chi connectivity index (χ0) is 15.2. The number of benzene rings is 2. The summed E-state index contributed by atoms with van der Waals surface area (Å²) < 4.78 is 5.34. The second-order valence-electron chi connectivity index (χ2n) is 5.35. The smallest absolute Gasteiger partial charge is 0.265 e. The number of para-hydroxylation sites is 1. The molecule has 0 saturated heterocycles. The van der Waals surface area contributed by atoms with Crippen molar-refractivity contribution in [2.75, 3.05) is 12.4 Å². The van der Waals surface area contributed by atoms with Gasteiger partial charge in [0.15, 0.2) is 5.60 Å². The number of hydrogen-bond acceptors (Lipinski definition) is 3. The minimum absolute atomic E-state index is 0.423. The summed E-state index contributed by atoms with van der Waals surface area (Å²) in [4.78, 5) is 12.3. The number of nitrogens with one attached hydrogen (secondary N) is 1. The molecule has 1 heterocycles. The summed E-state index contributed by atoms with van der Waals surface area (Å²) >= 11 is 0. The Hall–Kier alpha value is -2.33. The van der Waals surface area contributed by atoms with E-state index in [1.54, 1.807) is 31.4 Å². The zero-order valence-corrected chi connectivity index (χ0v) is 12.2. The molecule has 1 aliphatic rings. The van der Waals surface area contributed by atoms with Gasteiger partial charge in [0.25, 0.3) is 5.91 Å². The third-order valence-electron chi connectivity index (χ3n) is 3.98. The lowest BCUT2D eigenvalue weighted by atomic mass is 9.85. The number of fused-ring (bicyclic) bond motifs is 1. The van der Waals surface area contributed by atoms with Crippen LogP contribution in [0, 0.1) is 13.8 Å². The molecule has 2 aromatic rings. The Morgan fingerprint density at radius 1 is 1.14 bits per heavy atom. The number of aliphatic hydroxyl groups is 1. The van der Waals surface area contributed by atoms with Crippen LogP contribution in [0.25, 0.3) is 0 Å². The second-order valence-corrected chi connectivity index (χ2v) is 5.35. The van der Waals surface area contributed by atoms with Gasteiger partial charge in [0, 0.05) is 11.3 Å². The van der Waals surface area contributed by atoms with Crippen LogP contribution in [0.15, 0.2) is 36.4 Å². The first-order valence-electron chi connectivity index (χ1n) is 6.77. The molecule has 4 heteroatoms. The molecule has 0 spiro atoms. The lowest BCUT2D eigenvalue weighted by Crippen LogP contribution is -2.35. The van der Waals surface area contributed by atoms with Crippen molar-refractivity contribution in [3.8, 4) is 5.75 Å². The highest BCUT2D eigenvalue weighted by atomic mass is 16.5. The van der Waals surface area contributed by atoms with Gasteiger partial charge in [0.2, 0.25) is 0 Å². The van der Waals surface area contributed by atoms with Gasteiger partial charge < -0.3 is 15.2 Å². The molecule has 1 atom stereocenters. The minimum atomic E-state index is -1.65. The zero-order valence-electron chi connectivity index (χ0n) is 12.2. The molecular weight excluding hydrogens is 266 g/mol. The molecule has 1 amide bonds. The fourth-order valence-electron chi connectivity index (χ4n) is 3.01. The Labute approximate surface area is 123 Å². The normalized spacial score (nSPS) is 20.1. The number of ether oxygens (including phenoxy) is 1. The maximum Gasteiger partial charge on any atom is 0.265 e. The van der Waals surface area contributed by atoms with E-state index >= 15 is 0 Å². The van der Waals surface area contributed by atoms with Crippen molar-refractivity contribution in [3.63, 3.8) is 0 Å². The first-order valence-corrected chi connectivity index (χ1v) is 6.77. The van der Waals surface area contributed by atoms with Crippen molar-refractivity contribution in [3.05, 3.63) is 58.7 Å². The van der Waals surface area contributed by atoms with Gasteiger partial charge in [-0.3, -0.25) is 4.79 Å². The number of methoxy groups -OCH3 is 1. The molecule has 0 saturated carbocycles. The molecule has 0 aliphatic carbocycles. The number of carbonyl (C=O) groups excluding carboxylic acids is 1. The maximum absolute atomic E-state index is 12.3. The van der Waals surface area contributed by atoms with E-state index in [-0.39, 0.29) is 0 Å². The largest absolute Gasteiger partial charge is 0.496 e. The number of hydrogen-bond donors (Lipinski definition) is 2. The van der Waals surface area contributed by atoms with Crippen molar-refractivity contribution in [2.45, 2.75) is 19.4 Å². The molecule has 1 aliphatic heterocycles. The first kappa shape index (κ1) is 13.6. The lowest BCUT2D eigenvalue weighted by molar-refractivity contribution is -0.129. The number of aryl methyl sites for hydroxylation is 2. The average Bonchev–Trinajstić information content (AvgIpc) is 2.72. The number of anilines is 1. The summed E-state index contributed by atoms with van der Waals surface area (Å²) in [5.41, 5.74) is 1.91. The highest BCUT2D eigenvalue weighted by molar-refractivity contribution is 6.07. The molecule has 21 heavy (non-hydrogen) atoms. The van der Waals surface area contributed by atoms with Crippen LogP contribution >= 0.6 is 0 Å². The minimum Gasteiger partial charge on any atom is -0.496 e. The van der Waals surface area contributed by atoms with Gasteiger partial charge in [0.1, 0.15) is 5.75 Å². The molecule has 1 unspecified atom stereocenters. The van der Waals surface area contributed by atoms with E-state index in [0.29, 0.717) is 16.8 Å². The standard InChI is InChI=1S/C17H17NO3/c1-10-8-12(9-11(2)15(10)21-3)17(20)13-6-4-5-7-14(13)18-16(17)19/h4-9,20H,1-3H3,(H,18,19). The van der Waals surface area contributed by atoms with Crippen molar-refractivity contribution >= 4 is 11.6 Å². The van der Waals surface area contributed by atoms with Crippen molar-refractivity contribution < 1.29 is 14.6 Å². The van der Waals surface area contributed by atoms with Crippen LogP contribution in [-0.4, -0.2) is 18.1 Å². The predicted octanol–water partition coefficient (Wildman–Crippen LogP) is 2.50. The average molecular weight is 283 g/mol. The fourth-order valence-corrected chi connectivity index (χ4v) is 3.01. The van der Waals surface area contributed by atoms with Crippen LogP contribution in [-0.2, 0) is 10.4 Å². The molecule has 0 bridgehead atoms. The summed E-state index contributed by atoms with van der Waals surface area (Å²) in [5, 5.41) is 13.8. The highest BCUT2D eigenvalue weighted by Gasteiger charge is 2.46. The lowest BCUT2D eigenvalue weighted by Gasteiger charge is -2.23. The molecule has 2 aromatic carbocycles. The van der Waals surface area contributed by atoms with Gasteiger partial charge in [-0.1, -0.05) is 18.2 Å². The van der Waals surface area contributed by atoms with Gasteiger partial charge in [-0.25, -0.2) is 0 Å². The van der Waals surface area contributed by atoms with Crippen LogP contribution in [0.5, 0.6) is 5.75 Å². The molecular formula is C17H17NO3. The predicted molar refractivity (Wildman–Crippen MR) is 80.5 cm³/mol. The van der Waals surface area contributed by atoms with Crippen molar-refractivity contribution in [1.29, 1.82) is 0 Å². The Morgan fingerprint density at radius 2 is 1.76 bits per heavy atom. The van der Waals surface area contributed by atoms with Crippen LogP contribution < -0.4 is 10.1 Å². The van der Waals surface area contributed by atoms with Gasteiger partial charge >= 0.3 is 0 Å². The highest BCUT2D eigenvalue weighted by Crippen LogP contribution is 2.42. The van der Waals surface area contributed by atoms with Gasteiger partial charge in [-0.05, 0) is 48.7 Å². The Bertz CT molecular complexity index is 716. The quantitative estimate of drug-likeness (QED) is 0.890. The second kappa shape index (κ2) is 4.60. The Morgan fingerprint density at radius 3 is 2.38 bits per heavy atom. The summed E-state index contributed by atoms with van der Waals surface area (Å²) in [6.07, 6.45) is 0. The third-order valence-corrected chi connectivity index (χ3v) is 3.98. The van der Waals surface area contributed by atoms with Crippen LogP contribution in [0.4, 0.5) is 5.69 Å². The van der Waals surface area contributed by atoms with Crippen LogP contribution in [0.1, 0.15) is 22.3 Å². The van der Waals surface area contributed by atoms with E-state index in [1.807, 2.05) is 26.0 Å². The Kier molecular flexibility index (Phi) is 2.99. The van der Waals surface area contributed by atoms with Gasteiger partial charge in [-0.15, -0.1) is 0 Å². The molecule has 4 nitrogen and oxygen atoms in total. The Balaban J connectivity index is 2.22. The van der Waals surface area contributed by atoms with E-state index in [0.717, 1.165) is 16.9 Å². The van der Waals surface area contributed by atoms with Crippen molar-refractivity contribution in [1.82, 2.24) is 0 Å².